The molecule has 0 unspecified atom stereocenters. The van der Waals surface area contributed by atoms with Gasteiger partial charge in [-0.05, 0) is 19.3 Å². The van der Waals surface area contributed by atoms with Gasteiger partial charge in [0.1, 0.15) is 6.10 Å². The molecule has 1 rings (SSSR count). The highest BCUT2D eigenvalue weighted by atomic mass is 16.5. The van der Waals surface area contributed by atoms with Crippen LogP contribution in [0.5, 0.6) is 0 Å². The molecule has 1 aliphatic rings. The van der Waals surface area contributed by atoms with E-state index in [-0.39, 0.29) is 6.10 Å². The lowest BCUT2D eigenvalue weighted by molar-refractivity contribution is -0.137. The van der Waals surface area contributed by atoms with Crippen LogP contribution in [0.3, 0.4) is 0 Å². The molecule has 1 fully saturated rings. The first-order valence-corrected chi connectivity index (χ1v) is 2.46. The van der Waals surface area contributed by atoms with Gasteiger partial charge in [0.05, 0.1) is 0 Å². The van der Waals surface area contributed by atoms with Crippen molar-refractivity contribution in [3.63, 3.8) is 0 Å². The van der Waals surface area contributed by atoms with Crippen molar-refractivity contribution in [1.82, 2.24) is 0 Å². The van der Waals surface area contributed by atoms with Gasteiger partial charge in [0.2, 0.25) is 0 Å². The van der Waals surface area contributed by atoms with E-state index >= 15 is 0 Å². The smallest absolute Gasteiger partial charge is 0.293 e. The van der Waals surface area contributed by atoms with E-state index in [1.807, 2.05) is 0 Å². The van der Waals surface area contributed by atoms with Crippen LogP contribution < -0.4 is 0 Å². The van der Waals surface area contributed by atoms with Crippen LogP contribution in [0.25, 0.3) is 0 Å². The topological polar surface area (TPSA) is 26.3 Å². The van der Waals surface area contributed by atoms with Crippen molar-refractivity contribution >= 4 is 6.45 Å². The summed E-state index contributed by atoms with van der Waals surface area (Å²) in [6.45, 7) is 0. The lowest BCUT2D eigenvalue weighted by atomic mass is 9.96. The van der Waals surface area contributed by atoms with Crippen LogP contribution in [0.4, 0.5) is 0 Å². The van der Waals surface area contributed by atoms with Gasteiger partial charge in [0.25, 0.3) is 6.45 Å². The van der Waals surface area contributed by atoms with Crippen LogP contribution in [0.15, 0.2) is 0 Å². The van der Waals surface area contributed by atoms with E-state index in [1.165, 1.54) is 0 Å². The molecule has 0 radical (unpaired) electrons. The van der Waals surface area contributed by atoms with Gasteiger partial charge in [-0.2, -0.15) is 0 Å². The lowest BCUT2D eigenvalue weighted by Crippen LogP contribution is -2.20. The summed E-state index contributed by atoms with van der Waals surface area (Å²) in [6, 6.07) is 0. The molecule has 40 valence electrons. The third-order valence-electron chi connectivity index (χ3n) is 1.27. The molecule has 1 saturated carbocycles. The Labute approximate surface area is 43.9 Å². The normalized spacial score (nSPS) is 22.6. The molecule has 0 aromatic rings. The highest BCUT2D eigenvalue weighted by Gasteiger charge is 2.17. The van der Waals surface area contributed by atoms with Gasteiger partial charge in [0, 0.05) is 0 Å². The van der Waals surface area contributed by atoms with Gasteiger partial charge >= 0.3 is 0 Å². The Morgan fingerprint density at radius 2 is 2.57 bits per heavy atom. The van der Waals surface area contributed by atoms with Crippen LogP contribution >= 0.6 is 0 Å². The first-order chi connectivity index (χ1) is 3.79. The fourth-order valence-corrected chi connectivity index (χ4v) is 0.557. The predicted molar refractivity (Wildman–Crippen MR) is 24.8 cm³/mol. The molecule has 0 spiro atoms. The van der Waals surface area contributed by atoms with Gasteiger partial charge < -0.3 is 4.74 Å². The molecule has 0 heterocycles. The second-order valence-electron chi connectivity index (χ2n) is 1.75. The van der Waals surface area contributed by atoms with Crippen LogP contribution in [0.1, 0.15) is 20.6 Å². The summed E-state index contributed by atoms with van der Waals surface area (Å²) in [6.07, 6.45) is 2.21. The lowest BCUT2D eigenvalue weighted by Gasteiger charge is -2.22. The summed E-state index contributed by atoms with van der Waals surface area (Å²) in [5.74, 6) is 0. The molecular formula is C5H8O2. The van der Waals surface area contributed by atoms with Gasteiger partial charge in [-0.1, -0.05) is 0 Å². The maximum Gasteiger partial charge on any atom is 0.293 e. The zero-order chi connectivity index (χ0) is 5.98. The minimum absolute atomic E-state index is 0.0694. The van der Waals surface area contributed by atoms with Crippen LogP contribution in [-0.2, 0) is 9.53 Å². The molecule has 0 saturated heterocycles. The predicted octanol–water partition coefficient (Wildman–Crippen LogP) is 0.712. The Kier molecular flexibility index (Phi) is 0.971. The average molecular weight is 101 g/mol. The second-order valence-corrected chi connectivity index (χ2v) is 1.75. The minimum atomic E-state index is -0.894. The molecule has 1 aliphatic carbocycles. The van der Waals surface area contributed by atoms with Crippen molar-refractivity contribution in [2.24, 2.45) is 0 Å². The Morgan fingerprint density at radius 3 is 2.71 bits per heavy atom. The average Bonchev–Trinajstić information content (AvgIpc) is 1.55. The minimum Gasteiger partial charge on any atom is -0.465 e. The number of rotatable bonds is 1. The quantitative estimate of drug-likeness (QED) is 0.455. The Morgan fingerprint density at radius 1 is 1.86 bits per heavy atom. The molecule has 2 nitrogen and oxygen atoms in total. The van der Waals surface area contributed by atoms with Crippen molar-refractivity contribution in [2.75, 3.05) is 0 Å². The molecule has 2 heteroatoms. The number of hydrogen-bond donors (Lipinski definition) is 0. The fourth-order valence-electron chi connectivity index (χ4n) is 0.557. The second kappa shape index (κ2) is 1.96. The molecule has 0 amide bonds. The van der Waals surface area contributed by atoms with Crippen molar-refractivity contribution < 1.29 is 10.9 Å². The molecule has 7 heavy (non-hydrogen) atoms. The summed E-state index contributed by atoms with van der Waals surface area (Å²) in [7, 11) is 0. The Hall–Kier alpha value is -0.530. The molecule has 0 bridgehead atoms. The van der Waals surface area contributed by atoms with Gasteiger partial charge in [-0.25, -0.2) is 0 Å². The summed E-state index contributed by atoms with van der Waals surface area (Å²) < 4.78 is 10.9. The van der Waals surface area contributed by atoms with E-state index in [9.17, 15) is 4.79 Å². The van der Waals surface area contributed by atoms with Gasteiger partial charge in [0.15, 0.2) is 1.37 Å². The SMILES string of the molecule is [2H]C(=O)OC1CCC1. The molecular weight excluding hydrogens is 92.1 g/mol. The number of ether oxygens (including phenoxy) is 1. The number of carbonyl (C=O) groups excluding carboxylic acids is 1. The third-order valence-corrected chi connectivity index (χ3v) is 1.27. The molecule has 0 atom stereocenters. The van der Waals surface area contributed by atoms with Crippen LogP contribution in [0.2, 0.25) is 0 Å². The number of carbonyl (C=O) groups is 1. The molecule has 0 aromatic heterocycles. The van der Waals surface area contributed by atoms with E-state index in [0.717, 1.165) is 19.3 Å². The first-order valence-electron chi connectivity index (χ1n) is 2.96. The van der Waals surface area contributed by atoms with E-state index in [4.69, 9.17) is 1.37 Å². The summed E-state index contributed by atoms with van der Waals surface area (Å²) in [5, 5.41) is 0. The monoisotopic (exact) mass is 101 g/mol. The zero-order valence-electron chi connectivity index (χ0n) is 5.02. The van der Waals surface area contributed by atoms with Gasteiger partial charge in [-0.15, -0.1) is 0 Å². The summed E-state index contributed by atoms with van der Waals surface area (Å²) >= 11 is 0. The highest BCUT2D eigenvalue weighted by molar-refractivity contribution is 5.37. The van der Waals surface area contributed by atoms with Crippen molar-refractivity contribution in [3.8, 4) is 0 Å². The van der Waals surface area contributed by atoms with Gasteiger partial charge in [-0.3, -0.25) is 4.79 Å². The number of hydrogen-bond acceptors (Lipinski definition) is 2. The summed E-state index contributed by atoms with van der Waals surface area (Å²) in [4.78, 5) is 9.89. The van der Waals surface area contributed by atoms with E-state index in [1.54, 1.807) is 0 Å². The maximum atomic E-state index is 9.89. The van der Waals surface area contributed by atoms with E-state index in [0.29, 0.717) is 0 Å². The maximum absolute atomic E-state index is 9.89. The largest absolute Gasteiger partial charge is 0.465 e. The third kappa shape index (κ3) is 0.918. The Balaban J connectivity index is 2.09. The summed E-state index contributed by atoms with van der Waals surface area (Å²) in [5.41, 5.74) is 0. The fraction of sp³-hybridized carbons (Fsp3) is 0.800. The van der Waals surface area contributed by atoms with E-state index in [2.05, 4.69) is 4.74 Å². The van der Waals surface area contributed by atoms with Crippen molar-refractivity contribution in [1.29, 1.82) is 0 Å². The molecule has 0 aliphatic heterocycles. The van der Waals surface area contributed by atoms with Crippen LogP contribution in [0, 0.1) is 0 Å². The van der Waals surface area contributed by atoms with Crippen molar-refractivity contribution in [3.05, 3.63) is 0 Å². The first kappa shape index (κ1) is 3.47. The highest BCUT2D eigenvalue weighted by Crippen LogP contribution is 2.20. The molecule has 0 N–H and O–H groups in total. The van der Waals surface area contributed by atoms with Crippen LogP contribution in [-0.4, -0.2) is 12.6 Å². The molecule has 0 aromatic carbocycles. The Bertz CT molecular complexity index is 98.6. The van der Waals surface area contributed by atoms with Crippen molar-refractivity contribution in [2.45, 2.75) is 25.4 Å². The van der Waals surface area contributed by atoms with E-state index < -0.39 is 6.45 Å². The standard InChI is InChI=1S/C5H8O2/c6-4-7-5-2-1-3-5/h4-5H,1-3H2/i4D. The zero-order valence-corrected chi connectivity index (χ0v) is 4.02.